The minimum absolute atomic E-state index is 0.226. The van der Waals surface area contributed by atoms with E-state index in [2.05, 4.69) is 54.2 Å². The van der Waals surface area contributed by atoms with Gasteiger partial charge in [-0.25, -0.2) is 9.97 Å². The molecule has 3 nitrogen and oxygen atoms in total. The molecule has 0 aliphatic heterocycles. The molecular weight excluding hydrogens is 330 g/mol. The Morgan fingerprint density at radius 1 is 1.04 bits per heavy atom. The fourth-order valence-corrected chi connectivity index (χ4v) is 3.90. The maximum absolute atomic E-state index is 9.03. The Bertz CT molecular complexity index is 735. The fraction of sp³-hybridized carbons (Fsp3) is 0.542. The van der Waals surface area contributed by atoms with Gasteiger partial charge >= 0.3 is 0 Å². The summed E-state index contributed by atoms with van der Waals surface area (Å²) in [5.41, 5.74) is 3.67. The Morgan fingerprint density at radius 3 is 2.30 bits per heavy atom. The number of aryl methyl sites for hydroxylation is 1. The van der Waals surface area contributed by atoms with Crippen LogP contribution in [0.15, 0.2) is 36.7 Å². The van der Waals surface area contributed by atoms with E-state index in [1.165, 1.54) is 30.4 Å². The zero-order valence-electron chi connectivity index (χ0n) is 16.7. The molecule has 1 aromatic heterocycles. The maximum atomic E-state index is 9.03. The summed E-state index contributed by atoms with van der Waals surface area (Å²) in [6, 6.07) is 11.2. The van der Waals surface area contributed by atoms with Gasteiger partial charge in [0.05, 0.1) is 6.07 Å². The molecule has 1 aliphatic carbocycles. The van der Waals surface area contributed by atoms with Gasteiger partial charge in [-0.1, -0.05) is 51.0 Å². The molecule has 0 amide bonds. The molecule has 0 N–H and O–H groups in total. The number of nitrogens with zero attached hydrogens (tertiary/aromatic N) is 3. The molecule has 0 spiro atoms. The van der Waals surface area contributed by atoms with Crippen molar-refractivity contribution in [1.82, 2.24) is 9.97 Å². The maximum Gasteiger partial charge on any atom is 0.131 e. The van der Waals surface area contributed by atoms with Crippen molar-refractivity contribution in [2.75, 3.05) is 0 Å². The molecule has 1 heterocycles. The molecule has 1 fully saturated rings. The zero-order chi connectivity index (χ0) is 19.1. The van der Waals surface area contributed by atoms with E-state index in [9.17, 15) is 0 Å². The second-order valence-electron chi connectivity index (χ2n) is 8.11. The van der Waals surface area contributed by atoms with Crippen molar-refractivity contribution in [3.8, 4) is 17.2 Å². The molecule has 142 valence electrons. The van der Waals surface area contributed by atoms with Gasteiger partial charge in [0.1, 0.15) is 5.82 Å². The van der Waals surface area contributed by atoms with E-state index >= 15 is 0 Å². The number of rotatable bonds is 7. The van der Waals surface area contributed by atoms with Gasteiger partial charge in [0.15, 0.2) is 0 Å². The van der Waals surface area contributed by atoms with Crippen LogP contribution in [0.3, 0.4) is 0 Å². The second kappa shape index (κ2) is 9.65. The predicted octanol–water partition coefficient (Wildman–Crippen LogP) is 6.31. The Kier molecular flexibility index (Phi) is 6.98. The third-order valence-electron chi connectivity index (χ3n) is 6.09. The van der Waals surface area contributed by atoms with E-state index in [1.54, 1.807) is 0 Å². The third-order valence-corrected chi connectivity index (χ3v) is 6.09. The van der Waals surface area contributed by atoms with Gasteiger partial charge in [-0.2, -0.15) is 5.26 Å². The van der Waals surface area contributed by atoms with E-state index in [0.717, 1.165) is 49.4 Å². The van der Waals surface area contributed by atoms with Gasteiger partial charge in [-0.3, -0.25) is 0 Å². The molecular formula is C24H31N3. The summed E-state index contributed by atoms with van der Waals surface area (Å²) in [5.74, 6) is 2.41. The lowest BCUT2D eigenvalue weighted by Gasteiger charge is -2.23. The van der Waals surface area contributed by atoms with Gasteiger partial charge in [0, 0.05) is 29.8 Å². The van der Waals surface area contributed by atoms with Crippen molar-refractivity contribution in [3.05, 3.63) is 48.0 Å². The summed E-state index contributed by atoms with van der Waals surface area (Å²) in [4.78, 5) is 9.27. The summed E-state index contributed by atoms with van der Waals surface area (Å²) in [5, 5.41) is 9.03. The van der Waals surface area contributed by atoms with Crippen LogP contribution in [0.5, 0.6) is 0 Å². The lowest BCUT2D eigenvalue weighted by Crippen LogP contribution is -2.14. The normalized spacial score (nSPS) is 20.8. The van der Waals surface area contributed by atoms with Crippen molar-refractivity contribution < 1.29 is 0 Å². The van der Waals surface area contributed by atoms with E-state index in [0.29, 0.717) is 5.92 Å². The number of nitriles is 1. The zero-order valence-corrected chi connectivity index (χ0v) is 16.7. The van der Waals surface area contributed by atoms with Crippen LogP contribution in [0.4, 0.5) is 0 Å². The molecule has 27 heavy (non-hydrogen) atoms. The first kappa shape index (κ1) is 19.5. The summed E-state index contributed by atoms with van der Waals surface area (Å²) in [6.07, 6.45) is 12.9. The molecule has 3 rings (SSSR count). The van der Waals surface area contributed by atoms with Crippen LogP contribution in [-0.2, 0) is 6.42 Å². The minimum atomic E-state index is 0.226. The molecule has 1 aromatic carbocycles. The Morgan fingerprint density at radius 2 is 1.70 bits per heavy atom. The molecule has 2 aromatic rings. The van der Waals surface area contributed by atoms with Crippen LogP contribution in [-0.4, -0.2) is 9.97 Å². The number of hydrogen-bond donors (Lipinski definition) is 0. The predicted molar refractivity (Wildman–Crippen MR) is 110 cm³/mol. The number of benzene rings is 1. The van der Waals surface area contributed by atoms with E-state index < -0.39 is 0 Å². The molecule has 0 radical (unpaired) electrons. The highest BCUT2D eigenvalue weighted by Gasteiger charge is 2.23. The number of aromatic nitrogens is 2. The first-order valence-electron chi connectivity index (χ1n) is 10.5. The SMILES string of the molecule is CCC(C)CCCc1ccc(-c2cnc(C3CCC(C#N)CC3)nc2)cc1. The lowest BCUT2D eigenvalue weighted by atomic mass is 9.82. The first-order chi connectivity index (χ1) is 13.2. The highest BCUT2D eigenvalue weighted by Crippen LogP contribution is 2.34. The van der Waals surface area contributed by atoms with Crippen LogP contribution < -0.4 is 0 Å². The van der Waals surface area contributed by atoms with E-state index in [4.69, 9.17) is 5.26 Å². The van der Waals surface area contributed by atoms with Crippen LogP contribution in [0.2, 0.25) is 0 Å². The average Bonchev–Trinajstić information content (AvgIpc) is 2.74. The smallest absolute Gasteiger partial charge is 0.131 e. The molecule has 0 saturated heterocycles. The fourth-order valence-electron chi connectivity index (χ4n) is 3.90. The highest BCUT2D eigenvalue weighted by atomic mass is 14.9. The summed E-state index contributed by atoms with van der Waals surface area (Å²) in [7, 11) is 0. The van der Waals surface area contributed by atoms with Gasteiger partial charge in [-0.15, -0.1) is 0 Å². The van der Waals surface area contributed by atoms with Crippen LogP contribution >= 0.6 is 0 Å². The standard InChI is InChI=1S/C24H31N3/c1-3-18(2)5-4-6-19-7-11-21(12-8-19)23-16-26-24(27-17-23)22-13-9-20(15-25)10-14-22/h7-8,11-12,16-18,20,22H,3-6,9-10,13-14H2,1-2H3. The molecule has 1 aliphatic rings. The lowest BCUT2D eigenvalue weighted by molar-refractivity contribution is 0.372. The van der Waals surface area contributed by atoms with Gasteiger partial charge in [0.25, 0.3) is 0 Å². The van der Waals surface area contributed by atoms with Crippen molar-refractivity contribution in [3.63, 3.8) is 0 Å². The molecule has 1 unspecified atom stereocenters. The first-order valence-corrected chi connectivity index (χ1v) is 10.5. The Labute approximate surface area is 163 Å². The van der Waals surface area contributed by atoms with Crippen molar-refractivity contribution in [2.24, 2.45) is 11.8 Å². The highest BCUT2D eigenvalue weighted by molar-refractivity contribution is 5.61. The van der Waals surface area contributed by atoms with Gasteiger partial charge in [-0.05, 0) is 55.6 Å². The van der Waals surface area contributed by atoms with E-state index in [1.807, 2.05) is 12.4 Å². The molecule has 1 atom stereocenters. The van der Waals surface area contributed by atoms with Gasteiger partial charge in [0.2, 0.25) is 0 Å². The van der Waals surface area contributed by atoms with Crippen LogP contribution in [0.1, 0.15) is 76.1 Å². The summed E-state index contributed by atoms with van der Waals surface area (Å²) in [6.45, 7) is 4.60. The Hall–Kier alpha value is -2.21. The minimum Gasteiger partial charge on any atom is -0.240 e. The van der Waals surface area contributed by atoms with Crippen molar-refractivity contribution in [2.45, 2.75) is 71.1 Å². The topological polar surface area (TPSA) is 49.6 Å². The van der Waals surface area contributed by atoms with Crippen LogP contribution in [0.25, 0.3) is 11.1 Å². The van der Waals surface area contributed by atoms with Crippen molar-refractivity contribution in [1.29, 1.82) is 5.26 Å². The largest absolute Gasteiger partial charge is 0.240 e. The third kappa shape index (κ3) is 5.39. The van der Waals surface area contributed by atoms with Gasteiger partial charge < -0.3 is 0 Å². The van der Waals surface area contributed by atoms with Crippen molar-refractivity contribution >= 4 is 0 Å². The number of hydrogen-bond acceptors (Lipinski definition) is 3. The monoisotopic (exact) mass is 361 g/mol. The quantitative estimate of drug-likeness (QED) is 0.580. The second-order valence-corrected chi connectivity index (χ2v) is 8.11. The van der Waals surface area contributed by atoms with E-state index in [-0.39, 0.29) is 5.92 Å². The summed E-state index contributed by atoms with van der Waals surface area (Å²) >= 11 is 0. The molecule has 0 bridgehead atoms. The molecule has 1 saturated carbocycles. The average molecular weight is 362 g/mol. The summed E-state index contributed by atoms with van der Waals surface area (Å²) < 4.78 is 0. The molecule has 3 heteroatoms. The Balaban J connectivity index is 1.56. The van der Waals surface area contributed by atoms with Crippen LogP contribution in [0, 0.1) is 23.2 Å².